The van der Waals surface area contributed by atoms with Crippen LogP contribution in [0, 0.1) is 11.6 Å². The lowest BCUT2D eigenvalue weighted by Crippen LogP contribution is -2.07. The molecule has 2 rings (SSSR count). The van der Waals surface area contributed by atoms with E-state index in [2.05, 4.69) is 15.2 Å². The van der Waals surface area contributed by atoms with Gasteiger partial charge in [0.2, 0.25) is 0 Å². The number of aldehydes is 1. The maximum Gasteiger partial charge on any atom is 0.139 e. The monoisotopic (exact) mass is 223 g/mol. The SMILES string of the molecule is O=CC(c1ncn[nH]1)c1ccc(F)cc1F. The summed E-state index contributed by atoms with van der Waals surface area (Å²) >= 11 is 0. The standard InChI is InChI=1S/C10H7F2N3O/c11-6-1-2-7(9(12)3-6)8(4-16)10-13-5-14-15-10/h1-5,8H,(H,13,14,15). The quantitative estimate of drug-likeness (QED) is 0.800. The van der Waals surface area contributed by atoms with Crippen molar-refractivity contribution in [2.45, 2.75) is 5.92 Å². The molecule has 6 heteroatoms. The highest BCUT2D eigenvalue weighted by molar-refractivity contribution is 5.66. The number of nitrogens with zero attached hydrogens (tertiary/aromatic N) is 2. The van der Waals surface area contributed by atoms with Crippen molar-refractivity contribution in [2.24, 2.45) is 0 Å². The summed E-state index contributed by atoms with van der Waals surface area (Å²) in [6, 6.07) is 3.03. The van der Waals surface area contributed by atoms with E-state index in [4.69, 9.17) is 0 Å². The summed E-state index contributed by atoms with van der Waals surface area (Å²) in [6.07, 6.45) is 1.74. The summed E-state index contributed by atoms with van der Waals surface area (Å²) < 4.78 is 26.1. The van der Waals surface area contributed by atoms with Crippen LogP contribution in [-0.4, -0.2) is 21.5 Å². The van der Waals surface area contributed by atoms with Crippen LogP contribution in [0.3, 0.4) is 0 Å². The van der Waals surface area contributed by atoms with Gasteiger partial charge in [0.1, 0.15) is 36.0 Å². The molecule has 1 aromatic heterocycles. The lowest BCUT2D eigenvalue weighted by atomic mass is 9.99. The molecule has 0 aliphatic carbocycles. The molecule has 1 aromatic carbocycles. The van der Waals surface area contributed by atoms with Crippen LogP contribution in [0.2, 0.25) is 0 Å². The molecule has 4 nitrogen and oxygen atoms in total. The van der Waals surface area contributed by atoms with E-state index < -0.39 is 17.6 Å². The van der Waals surface area contributed by atoms with Gasteiger partial charge in [0, 0.05) is 11.6 Å². The smallest absolute Gasteiger partial charge is 0.139 e. The molecule has 0 amide bonds. The van der Waals surface area contributed by atoms with Gasteiger partial charge in [-0.25, -0.2) is 13.8 Å². The van der Waals surface area contributed by atoms with Gasteiger partial charge in [0.05, 0.1) is 0 Å². The fourth-order valence-electron chi connectivity index (χ4n) is 1.40. The van der Waals surface area contributed by atoms with Gasteiger partial charge in [0.15, 0.2) is 0 Å². The molecule has 0 spiro atoms. The van der Waals surface area contributed by atoms with Crippen LogP contribution in [0.4, 0.5) is 8.78 Å². The number of benzene rings is 1. The van der Waals surface area contributed by atoms with Crippen molar-refractivity contribution in [3.63, 3.8) is 0 Å². The van der Waals surface area contributed by atoms with Crippen LogP contribution < -0.4 is 0 Å². The fraction of sp³-hybridized carbons (Fsp3) is 0.100. The van der Waals surface area contributed by atoms with Crippen molar-refractivity contribution in [1.82, 2.24) is 15.2 Å². The first-order chi connectivity index (χ1) is 7.72. The molecule has 1 atom stereocenters. The summed E-state index contributed by atoms with van der Waals surface area (Å²) in [7, 11) is 0. The number of rotatable bonds is 3. The van der Waals surface area contributed by atoms with E-state index in [0.29, 0.717) is 6.29 Å². The van der Waals surface area contributed by atoms with Gasteiger partial charge in [0.25, 0.3) is 0 Å². The topological polar surface area (TPSA) is 58.6 Å². The Bertz CT molecular complexity index is 499. The summed E-state index contributed by atoms with van der Waals surface area (Å²) in [4.78, 5) is 14.7. The first kappa shape index (κ1) is 10.4. The van der Waals surface area contributed by atoms with Gasteiger partial charge in [-0.15, -0.1) is 0 Å². The Kier molecular flexibility index (Phi) is 2.72. The molecule has 82 valence electrons. The predicted octanol–water partition coefficient (Wildman–Crippen LogP) is 1.41. The van der Waals surface area contributed by atoms with E-state index in [1.54, 1.807) is 0 Å². The average molecular weight is 223 g/mol. The lowest BCUT2D eigenvalue weighted by molar-refractivity contribution is -0.108. The van der Waals surface area contributed by atoms with Crippen LogP contribution in [0.25, 0.3) is 0 Å². The number of carbonyl (C=O) groups excluding carboxylic acids is 1. The molecule has 16 heavy (non-hydrogen) atoms. The first-order valence-corrected chi connectivity index (χ1v) is 4.48. The van der Waals surface area contributed by atoms with Crippen molar-refractivity contribution in [3.05, 3.63) is 47.5 Å². The minimum atomic E-state index is -0.900. The first-order valence-electron chi connectivity index (χ1n) is 4.48. The van der Waals surface area contributed by atoms with Gasteiger partial charge in [-0.1, -0.05) is 6.07 Å². The number of hydrogen-bond acceptors (Lipinski definition) is 3. The van der Waals surface area contributed by atoms with Crippen molar-refractivity contribution in [2.75, 3.05) is 0 Å². The molecule has 1 heterocycles. The number of aromatic nitrogens is 3. The molecular formula is C10H7F2N3O. The highest BCUT2D eigenvalue weighted by atomic mass is 19.1. The second-order valence-corrected chi connectivity index (χ2v) is 3.15. The molecule has 1 N–H and O–H groups in total. The van der Waals surface area contributed by atoms with Gasteiger partial charge >= 0.3 is 0 Å². The molecule has 0 bridgehead atoms. The van der Waals surface area contributed by atoms with Crippen LogP contribution >= 0.6 is 0 Å². The Labute approximate surface area is 89.3 Å². The van der Waals surface area contributed by atoms with E-state index in [1.807, 2.05) is 0 Å². The number of nitrogens with one attached hydrogen (secondary N) is 1. The van der Waals surface area contributed by atoms with Crippen LogP contribution in [0.1, 0.15) is 17.3 Å². The molecule has 0 aliphatic heterocycles. The van der Waals surface area contributed by atoms with E-state index in [-0.39, 0.29) is 11.4 Å². The number of H-pyrrole nitrogens is 1. The average Bonchev–Trinajstić information content (AvgIpc) is 2.75. The molecule has 0 radical (unpaired) electrons. The molecule has 0 fully saturated rings. The molecule has 1 unspecified atom stereocenters. The minimum Gasteiger partial charge on any atom is -0.302 e. The normalized spacial score (nSPS) is 12.4. The zero-order valence-electron chi connectivity index (χ0n) is 8.02. The second-order valence-electron chi connectivity index (χ2n) is 3.15. The highest BCUT2D eigenvalue weighted by Crippen LogP contribution is 2.22. The summed E-state index contributed by atoms with van der Waals surface area (Å²) in [5, 5.41) is 6.05. The number of aromatic amines is 1. The third-order valence-electron chi connectivity index (χ3n) is 2.16. The van der Waals surface area contributed by atoms with Crippen LogP contribution in [-0.2, 0) is 4.79 Å². The molecule has 0 saturated heterocycles. The maximum atomic E-state index is 13.4. The lowest BCUT2D eigenvalue weighted by Gasteiger charge is -2.08. The fourth-order valence-corrected chi connectivity index (χ4v) is 1.40. The number of halogens is 2. The summed E-state index contributed by atoms with van der Waals surface area (Å²) in [5.74, 6) is -2.15. The van der Waals surface area contributed by atoms with Crippen LogP contribution in [0.15, 0.2) is 24.5 Å². The Morgan fingerprint density at radius 2 is 2.19 bits per heavy atom. The van der Waals surface area contributed by atoms with Crippen LogP contribution in [0.5, 0.6) is 0 Å². The molecule has 0 saturated carbocycles. The number of hydrogen-bond donors (Lipinski definition) is 1. The second kappa shape index (κ2) is 4.18. The molecule has 2 aromatic rings. The third kappa shape index (κ3) is 1.81. The minimum absolute atomic E-state index is 0.0631. The van der Waals surface area contributed by atoms with Crippen molar-refractivity contribution in [1.29, 1.82) is 0 Å². The Hall–Kier alpha value is -2.11. The van der Waals surface area contributed by atoms with E-state index in [1.165, 1.54) is 12.4 Å². The number of carbonyl (C=O) groups is 1. The Balaban J connectivity index is 2.45. The van der Waals surface area contributed by atoms with E-state index in [0.717, 1.165) is 12.1 Å². The summed E-state index contributed by atoms with van der Waals surface area (Å²) in [5.41, 5.74) is 0.0631. The van der Waals surface area contributed by atoms with E-state index >= 15 is 0 Å². The third-order valence-corrected chi connectivity index (χ3v) is 2.16. The molecule has 0 aliphatic rings. The van der Waals surface area contributed by atoms with Gasteiger partial charge < -0.3 is 4.79 Å². The van der Waals surface area contributed by atoms with Crippen molar-refractivity contribution in [3.8, 4) is 0 Å². The maximum absolute atomic E-state index is 13.4. The van der Waals surface area contributed by atoms with Gasteiger partial charge in [-0.2, -0.15) is 5.10 Å². The summed E-state index contributed by atoms with van der Waals surface area (Å²) in [6.45, 7) is 0. The van der Waals surface area contributed by atoms with Crippen molar-refractivity contribution < 1.29 is 13.6 Å². The Morgan fingerprint density at radius 3 is 2.75 bits per heavy atom. The highest BCUT2D eigenvalue weighted by Gasteiger charge is 2.20. The van der Waals surface area contributed by atoms with E-state index in [9.17, 15) is 13.6 Å². The predicted molar refractivity (Wildman–Crippen MR) is 50.6 cm³/mol. The van der Waals surface area contributed by atoms with Gasteiger partial charge in [-0.3, -0.25) is 5.10 Å². The largest absolute Gasteiger partial charge is 0.302 e. The van der Waals surface area contributed by atoms with Gasteiger partial charge in [-0.05, 0) is 6.07 Å². The molecular weight excluding hydrogens is 216 g/mol. The zero-order valence-corrected chi connectivity index (χ0v) is 8.02. The Morgan fingerprint density at radius 1 is 1.38 bits per heavy atom. The van der Waals surface area contributed by atoms with Crippen molar-refractivity contribution >= 4 is 6.29 Å². The zero-order chi connectivity index (χ0) is 11.5.